The summed E-state index contributed by atoms with van der Waals surface area (Å²) in [5.41, 5.74) is 1.00. The van der Waals surface area contributed by atoms with Crippen molar-refractivity contribution in [2.75, 3.05) is 42.1 Å². The number of nitrogens with zero attached hydrogens (tertiary/aromatic N) is 2. The van der Waals surface area contributed by atoms with E-state index >= 15 is 0 Å². The molecule has 2 aliphatic rings. The zero-order valence-corrected chi connectivity index (χ0v) is 19.9. The van der Waals surface area contributed by atoms with Gasteiger partial charge >= 0.3 is 0 Å². The Morgan fingerprint density at radius 3 is 2.61 bits per heavy atom. The molecule has 2 aromatic rings. The van der Waals surface area contributed by atoms with Crippen molar-refractivity contribution < 1.29 is 22.4 Å². The summed E-state index contributed by atoms with van der Waals surface area (Å²) in [5.74, 6) is -0.0428. The lowest BCUT2D eigenvalue weighted by atomic mass is 10.2. The highest BCUT2D eigenvalue weighted by atomic mass is 32.2. The Morgan fingerprint density at radius 1 is 1.15 bits per heavy atom. The summed E-state index contributed by atoms with van der Waals surface area (Å²) in [6.07, 6.45) is 0.233. The van der Waals surface area contributed by atoms with Crippen LogP contribution in [0.5, 0.6) is 0 Å². The van der Waals surface area contributed by atoms with Crippen LogP contribution in [0, 0.1) is 5.82 Å². The van der Waals surface area contributed by atoms with Crippen LogP contribution in [-0.2, 0) is 19.4 Å². The van der Waals surface area contributed by atoms with Gasteiger partial charge in [-0.15, -0.1) is 11.8 Å². The smallest absolute Gasteiger partial charge is 0.225 e. The molecule has 0 bridgehead atoms. The van der Waals surface area contributed by atoms with Gasteiger partial charge in [-0.3, -0.25) is 9.59 Å². The van der Waals surface area contributed by atoms with Crippen molar-refractivity contribution in [2.45, 2.75) is 34.8 Å². The number of fused-ring (bicyclic) bond motifs is 1. The van der Waals surface area contributed by atoms with Crippen LogP contribution in [0.2, 0.25) is 0 Å². The number of amides is 2. The van der Waals surface area contributed by atoms with Crippen molar-refractivity contribution in [2.24, 2.45) is 0 Å². The van der Waals surface area contributed by atoms with Crippen molar-refractivity contribution in [3.63, 3.8) is 0 Å². The Hall–Kier alpha value is -2.59. The van der Waals surface area contributed by atoms with Crippen LogP contribution in [0.1, 0.15) is 19.8 Å². The number of piperazine rings is 1. The third-order valence-corrected chi connectivity index (χ3v) is 9.17. The van der Waals surface area contributed by atoms with E-state index in [4.69, 9.17) is 0 Å². The summed E-state index contributed by atoms with van der Waals surface area (Å²) in [6.45, 7) is 3.30. The number of benzene rings is 2. The molecule has 2 aliphatic heterocycles. The average molecular weight is 492 g/mol. The van der Waals surface area contributed by atoms with Crippen LogP contribution in [0.15, 0.2) is 52.3 Å². The molecule has 0 radical (unpaired) electrons. The molecule has 0 aliphatic carbocycles. The van der Waals surface area contributed by atoms with Crippen LogP contribution in [0.3, 0.4) is 0 Å². The maximum Gasteiger partial charge on any atom is 0.225 e. The molecule has 1 atom stereocenters. The maximum absolute atomic E-state index is 14.0. The number of nitrogens with one attached hydrogen (secondary N) is 1. The standard InChI is InChI=1S/C23H26FN3O4S2/c1-16(33(30,31)17-6-7-21-19(15-17)25-22(28)8-13-32-21)14-23(29)27-11-9-26(10-12-27)20-5-3-2-4-18(20)24/h2-7,15-16H,8-14H2,1H3,(H,25,28)/t16-/m1/s1. The fraction of sp³-hybridized carbons (Fsp3) is 0.391. The molecular formula is C23H26FN3O4S2. The lowest BCUT2D eigenvalue weighted by Gasteiger charge is -2.36. The van der Waals surface area contributed by atoms with Gasteiger partial charge in [0, 0.05) is 49.7 Å². The Morgan fingerprint density at radius 2 is 1.88 bits per heavy atom. The number of rotatable bonds is 5. The zero-order valence-electron chi connectivity index (χ0n) is 18.3. The van der Waals surface area contributed by atoms with Gasteiger partial charge in [-0.05, 0) is 37.3 Å². The van der Waals surface area contributed by atoms with E-state index in [1.165, 1.54) is 36.9 Å². The Bertz CT molecular complexity index is 1160. The molecule has 4 rings (SSSR count). The van der Waals surface area contributed by atoms with Gasteiger partial charge in [0.2, 0.25) is 11.8 Å². The molecule has 0 saturated carbocycles. The largest absolute Gasteiger partial charge is 0.366 e. The van der Waals surface area contributed by atoms with Crippen molar-refractivity contribution in [1.82, 2.24) is 4.90 Å². The second-order valence-corrected chi connectivity index (χ2v) is 11.7. The highest BCUT2D eigenvalue weighted by molar-refractivity contribution is 7.99. The van der Waals surface area contributed by atoms with Crippen LogP contribution in [0.4, 0.5) is 15.8 Å². The second-order valence-electron chi connectivity index (χ2n) is 8.18. The summed E-state index contributed by atoms with van der Waals surface area (Å²) in [6, 6.07) is 11.2. The molecule has 7 nitrogen and oxygen atoms in total. The Labute approximate surface area is 197 Å². The monoisotopic (exact) mass is 491 g/mol. The molecule has 33 heavy (non-hydrogen) atoms. The molecule has 1 N–H and O–H groups in total. The molecule has 10 heteroatoms. The van der Waals surface area contributed by atoms with Gasteiger partial charge in [0.15, 0.2) is 9.84 Å². The van der Waals surface area contributed by atoms with Crippen molar-refractivity contribution >= 4 is 44.8 Å². The predicted octanol–water partition coefficient (Wildman–Crippen LogP) is 3.16. The molecule has 0 aromatic heterocycles. The topological polar surface area (TPSA) is 86.8 Å². The highest BCUT2D eigenvalue weighted by Gasteiger charge is 2.30. The van der Waals surface area contributed by atoms with Gasteiger partial charge < -0.3 is 15.1 Å². The lowest BCUT2D eigenvalue weighted by Crippen LogP contribution is -2.49. The van der Waals surface area contributed by atoms with Crippen LogP contribution < -0.4 is 10.2 Å². The molecular weight excluding hydrogens is 465 g/mol. The third-order valence-electron chi connectivity index (χ3n) is 5.96. The summed E-state index contributed by atoms with van der Waals surface area (Å²) in [4.78, 5) is 29.1. The second kappa shape index (κ2) is 9.72. The fourth-order valence-corrected chi connectivity index (χ4v) is 6.30. The van der Waals surface area contributed by atoms with Crippen molar-refractivity contribution in [3.05, 3.63) is 48.3 Å². The van der Waals surface area contributed by atoms with E-state index in [9.17, 15) is 22.4 Å². The molecule has 0 unspecified atom stereocenters. The summed E-state index contributed by atoms with van der Waals surface area (Å²) in [7, 11) is -3.76. The average Bonchev–Trinajstić information content (AvgIpc) is 2.99. The van der Waals surface area contributed by atoms with Gasteiger partial charge in [-0.2, -0.15) is 0 Å². The first-order chi connectivity index (χ1) is 15.8. The molecule has 2 amide bonds. The van der Waals surface area contributed by atoms with Gasteiger partial charge in [0.1, 0.15) is 5.82 Å². The molecule has 2 aromatic carbocycles. The van der Waals surface area contributed by atoms with E-state index in [1.54, 1.807) is 29.2 Å². The number of halogens is 1. The summed E-state index contributed by atoms with van der Waals surface area (Å²) < 4.78 is 40.3. The summed E-state index contributed by atoms with van der Waals surface area (Å²) >= 11 is 1.50. The minimum atomic E-state index is -3.76. The number of anilines is 2. The van der Waals surface area contributed by atoms with Gasteiger partial charge in [-0.25, -0.2) is 12.8 Å². The number of carbonyl (C=O) groups is 2. The van der Waals surface area contributed by atoms with Crippen LogP contribution >= 0.6 is 11.8 Å². The van der Waals surface area contributed by atoms with E-state index in [0.717, 1.165) is 4.90 Å². The first kappa shape index (κ1) is 23.6. The number of hydrogen-bond donors (Lipinski definition) is 1. The maximum atomic E-state index is 14.0. The van der Waals surface area contributed by atoms with Crippen molar-refractivity contribution in [1.29, 1.82) is 0 Å². The van der Waals surface area contributed by atoms with Gasteiger partial charge in [0.05, 0.1) is 21.5 Å². The van der Waals surface area contributed by atoms with E-state index in [2.05, 4.69) is 5.32 Å². The zero-order chi connectivity index (χ0) is 23.6. The van der Waals surface area contributed by atoms with E-state index in [-0.39, 0.29) is 28.9 Å². The van der Waals surface area contributed by atoms with Crippen LogP contribution in [-0.4, -0.2) is 62.3 Å². The quantitative estimate of drug-likeness (QED) is 0.692. The number of para-hydroxylation sites is 1. The van der Waals surface area contributed by atoms with Gasteiger partial charge in [-0.1, -0.05) is 12.1 Å². The SMILES string of the molecule is C[C@H](CC(=O)N1CCN(c2ccccc2F)CC1)S(=O)(=O)c1ccc2c(c1)NC(=O)CCS2. The first-order valence-corrected chi connectivity index (χ1v) is 13.4. The minimum absolute atomic E-state index is 0.0914. The molecule has 176 valence electrons. The normalized spacial score (nSPS) is 17.7. The highest BCUT2D eigenvalue weighted by Crippen LogP contribution is 2.33. The van der Waals surface area contributed by atoms with E-state index in [0.29, 0.717) is 49.7 Å². The Balaban J connectivity index is 1.40. The fourth-order valence-electron chi connectivity index (χ4n) is 4.00. The minimum Gasteiger partial charge on any atom is -0.366 e. The lowest BCUT2D eigenvalue weighted by molar-refractivity contribution is -0.131. The summed E-state index contributed by atoms with van der Waals surface area (Å²) in [5, 5.41) is 1.84. The van der Waals surface area contributed by atoms with E-state index < -0.39 is 15.1 Å². The number of carbonyl (C=O) groups excluding carboxylic acids is 2. The molecule has 1 fully saturated rings. The molecule has 2 heterocycles. The number of hydrogen-bond acceptors (Lipinski definition) is 6. The first-order valence-electron chi connectivity index (χ1n) is 10.8. The number of sulfone groups is 1. The molecule has 1 saturated heterocycles. The number of thioether (sulfide) groups is 1. The Kier molecular flexibility index (Phi) is 6.94. The third kappa shape index (κ3) is 5.16. The van der Waals surface area contributed by atoms with E-state index in [1.807, 2.05) is 4.90 Å². The molecule has 0 spiro atoms. The predicted molar refractivity (Wildman–Crippen MR) is 127 cm³/mol. The van der Waals surface area contributed by atoms with Crippen molar-refractivity contribution in [3.8, 4) is 0 Å². The van der Waals surface area contributed by atoms with Crippen LogP contribution in [0.25, 0.3) is 0 Å². The van der Waals surface area contributed by atoms with Gasteiger partial charge in [0.25, 0.3) is 0 Å².